The molecule has 0 saturated carbocycles. The number of carbonyl (C=O) groups excluding carboxylic acids is 1. The lowest BCUT2D eigenvalue weighted by Gasteiger charge is -2.07. The predicted octanol–water partition coefficient (Wildman–Crippen LogP) is 1.33. The van der Waals surface area contributed by atoms with E-state index in [-0.39, 0.29) is 11.7 Å². The van der Waals surface area contributed by atoms with E-state index in [1.807, 2.05) is 6.92 Å². The van der Waals surface area contributed by atoms with E-state index in [9.17, 15) is 4.79 Å². The van der Waals surface area contributed by atoms with Crippen molar-refractivity contribution in [2.45, 2.75) is 13.3 Å². The van der Waals surface area contributed by atoms with Crippen LogP contribution in [-0.2, 0) is 4.74 Å². The molecule has 1 atom stereocenters. The van der Waals surface area contributed by atoms with Crippen molar-refractivity contribution in [3.63, 3.8) is 0 Å². The molecule has 1 heterocycles. The number of methoxy groups -OCH3 is 1. The summed E-state index contributed by atoms with van der Waals surface area (Å²) in [6.07, 6.45) is 5.01. The topological polar surface area (TPSA) is 52.1 Å². The Morgan fingerprint density at radius 1 is 1.57 bits per heavy atom. The molecule has 0 N–H and O–H groups in total. The molecule has 0 aromatic carbocycles. The number of hydrogen-bond donors (Lipinski definition) is 0. The highest BCUT2D eigenvalue weighted by Crippen LogP contribution is 2.07. The SMILES string of the molecule is COCC(C)CC(=O)c1cnccn1. The van der Waals surface area contributed by atoms with Gasteiger partial charge in [0.1, 0.15) is 5.69 Å². The molecule has 4 nitrogen and oxygen atoms in total. The molecule has 0 bridgehead atoms. The highest BCUT2D eigenvalue weighted by atomic mass is 16.5. The van der Waals surface area contributed by atoms with Crippen LogP contribution in [0.5, 0.6) is 0 Å². The fraction of sp³-hybridized carbons (Fsp3) is 0.500. The van der Waals surface area contributed by atoms with E-state index in [0.717, 1.165) is 0 Å². The minimum atomic E-state index is 0.0163. The zero-order valence-corrected chi connectivity index (χ0v) is 8.43. The monoisotopic (exact) mass is 194 g/mol. The lowest BCUT2D eigenvalue weighted by molar-refractivity contribution is 0.0915. The van der Waals surface area contributed by atoms with Crippen LogP contribution in [0.4, 0.5) is 0 Å². The maximum absolute atomic E-state index is 11.6. The standard InChI is InChI=1S/C10H14N2O2/c1-8(7-14-2)5-10(13)9-6-11-3-4-12-9/h3-4,6,8H,5,7H2,1-2H3. The van der Waals surface area contributed by atoms with Gasteiger partial charge in [-0.25, -0.2) is 4.98 Å². The van der Waals surface area contributed by atoms with E-state index in [0.29, 0.717) is 18.7 Å². The molecule has 0 aliphatic rings. The number of nitrogens with zero attached hydrogens (tertiary/aromatic N) is 2. The van der Waals surface area contributed by atoms with Crippen molar-refractivity contribution in [1.29, 1.82) is 0 Å². The third-order valence-corrected chi connectivity index (χ3v) is 1.83. The fourth-order valence-corrected chi connectivity index (χ4v) is 1.21. The summed E-state index contributed by atoms with van der Waals surface area (Å²) >= 11 is 0. The summed E-state index contributed by atoms with van der Waals surface area (Å²) in [6, 6.07) is 0. The van der Waals surface area contributed by atoms with E-state index in [4.69, 9.17) is 4.74 Å². The molecule has 0 aliphatic heterocycles. The number of ketones is 1. The van der Waals surface area contributed by atoms with Crippen molar-refractivity contribution in [2.24, 2.45) is 5.92 Å². The summed E-state index contributed by atoms with van der Waals surface area (Å²) in [5.74, 6) is 0.233. The van der Waals surface area contributed by atoms with Gasteiger partial charge in [-0.1, -0.05) is 6.92 Å². The Kier molecular flexibility index (Phi) is 4.19. The van der Waals surface area contributed by atoms with Crippen LogP contribution < -0.4 is 0 Å². The highest BCUT2D eigenvalue weighted by molar-refractivity contribution is 5.93. The zero-order chi connectivity index (χ0) is 10.4. The minimum Gasteiger partial charge on any atom is -0.384 e. The van der Waals surface area contributed by atoms with Crippen LogP contribution in [0.25, 0.3) is 0 Å². The highest BCUT2D eigenvalue weighted by Gasteiger charge is 2.11. The minimum absolute atomic E-state index is 0.0163. The van der Waals surface area contributed by atoms with Gasteiger partial charge >= 0.3 is 0 Å². The quantitative estimate of drug-likeness (QED) is 0.663. The van der Waals surface area contributed by atoms with Crippen molar-refractivity contribution >= 4 is 5.78 Å². The molecular weight excluding hydrogens is 180 g/mol. The molecule has 1 rings (SSSR count). The number of hydrogen-bond acceptors (Lipinski definition) is 4. The summed E-state index contributed by atoms with van der Waals surface area (Å²) in [6.45, 7) is 2.56. The van der Waals surface area contributed by atoms with Gasteiger partial charge in [-0.2, -0.15) is 0 Å². The molecule has 1 aromatic heterocycles. The molecule has 0 spiro atoms. The second-order valence-electron chi connectivity index (χ2n) is 3.28. The first-order valence-corrected chi connectivity index (χ1v) is 4.52. The van der Waals surface area contributed by atoms with Crippen LogP contribution in [0.2, 0.25) is 0 Å². The van der Waals surface area contributed by atoms with Crippen LogP contribution in [0.1, 0.15) is 23.8 Å². The van der Waals surface area contributed by atoms with Gasteiger partial charge in [-0.15, -0.1) is 0 Å². The second kappa shape index (κ2) is 5.44. The lowest BCUT2D eigenvalue weighted by Crippen LogP contribution is -2.11. The van der Waals surface area contributed by atoms with Crippen molar-refractivity contribution in [1.82, 2.24) is 9.97 Å². The van der Waals surface area contributed by atoms with Crippen LogP contribution >= 0.6 is 0 Å². The zero-order valence-electron chi connectivity index (χ0n) is 8.43. The number of Topliss-reactive ketones (excluding diaryl/α,β-unsaturated/α-hetero) is 1. The average molecular weight is 194 g/mol. The first kappa shape index (κ1) is 10.8. The van der Waals surface area contributed by atoms with Crippen LogP contribution in [0.3, 0.4) is 0 Å². The maximum Gasteiger partial charge on any atom is 0.183 e. The first-order chi connectivity index (χ1) is 6.74. The maximum atomic E-state index is 11.6. The van der Waals surface area contributed by atoms with Gasteiger partial charge in [-0.3, -0.25) is 9.78 Å². The average Bonchev–Trinajstić information content (AvgIpc) is 2.19. The Balaban J connectivity index is 2.51. The van der Waals surface area contributed by atoms with Gasteiger partial charge in [0.15, 0.2) is 5.78 Å². The predicted molar refractivity (Wildman–Crippen MR) is 52.0 cm³/mol. The van der Waals surface area contributed by atoms with Crippen LogP contribution in [-0.4, -0.2) is 29.5 Å². The molecule has 0 amide bonds. The second-order valence-corrected chi connectivity index (χ2v) is 3.28. The summed E-state index contributed by atoms with van der Waals surface area (Å²) in [5.41, 5.74) is 0.426. The molecule has 0 saturated heterocycles. The summed E-state index contributed by atoms with van der Waals surface area (Å²) in [7, 11) is 1.63. The Labute approximate surface area is 83.3 Å². The number of aromatic nitrogens is 2. The van der Waals surface area contributed by atoms with Gasteiger partial charge in [0.25, 0.3) is 0 Å². The summed E-state index contributed by atoms with van der Waals surface area (Å²) in [5, 5.41) is 0. The smallest absolute Gasteiger partial charge is 0.183 e. The third kappa shape index (κ3) is 3.22. The molecule has 0 radical (unpaired) electrons. The van der Waals surface area contributed by atoms with Gasteiger partial charge in [0.05, 0.1) is 6.20 Å². The Hall–Kier alpha value is -1.29. The third-order valence-electron chi connectivity index (χ3n) is 1.83. The van der Waals surface area contributed by atoms with Crippen molar-refractivity contribution in [3.05, 3.63) is 24.3 Å². The molecule has 0 aliphatic carbocycles. The van der Waals surface area contributed by atoms with Gasteiger partial charge in [0.2, 0.25) is 0 Å². The molecule has 0 fully saturated rings. The normalized spacial score (nSPS) is 12.4. The fourth-order valence-electron chi connectivity index (χ4n) is 1.21. The Bertz CT molecular complexity index is 287. The molecule has 1 unspecified atom stereocenters. The Morgan fingerprint density at radius 3 is 2.93 bits per heavy atom. The number of rotatable bonds is 5. The lowest BCUT2D eigenvalue weighted by atomic mass is 10.0. The molecule has 76 valence electrons. The summed E-state index contributed by atoms with van der Waals surface area (Å²) in [4.78, 5) is 19.4. The molecular formula is C10H14N2O2. The number of carbonyl (C=O) groups is 1. The van der Waals surface area contributed by atoms with E-state index in [1.54, 1.807) is 13.3 Å². The van der Waals surface area contributed by atoms with Crippen molar-refractivity contribution in [3.8, 4) is 0 Å². The van der Waals surface area contributed by atoms with Crippen LogP contribution in [0.15, 0.2) is 18.6 Å². The number of ether oxygens (including phenoxy) is 1. The van der Waals surface area contributed by atoms with E-state index in [2.05, 4.69) is 9.97 Å². The van der Waals surface area contributed by atoms with E-state index < -0.39 is 0 Å². The van der Waals surface area contributed by atoms with Gasteiger partial charge in [0, 0.05) is 32.5 Å². The van der Waals surface area contributed by atoms with Crippen molar-refractivity contribution in [2.75, 3.05) is 13.7 Å². The summed E-state index contributed by atoms with van der Waals surface area (Å²) < 4.78 is 4.95. The largest absolute Gasteiger partial charge is 0.384 e. The van der Waals surface area contributed by atoms with E-state index in [1.165, 1.54) is 12.4 Å². The molecule has 4 heteroatoms. The molecule has 1 aromatic rings. The Morgan fingerprint density at radius 2 is 2.36 bits per heavy atom. The first-order valence-electron chi connectivity index (χ1n) is 4.52. The van der Waals surface area contributed by atoms with Gasteiger partial charge < -0.3 is 4.74 Å². The van der Waals surface area contributed by atoms with Crippen LogP contribution in [0, 0.1) is 5.92 Å². The van der Waals surface area contributed by atoms with E-state index >= 15 is 0 Å². The molecule has 14 heavy (non-hydrogen) atoms. The van der Waals surface area contributed by atoms with Crippen molar-refractivity contribution < 1.29 is 9.53 Å². The van der Waals surface area contributed by atoms with Gasteiger partial charge in [-0.05, 0) is 5.92 Å².